The Kier molecular flexibility index (Phi) is 4.87. The summed E-state index contributed by atoms with van der Waals surface area (Å²) in [5, 5.41) is 9.28. The van der Waals surface area contributed by atoms with Gasteiger partial charge in [-0.25, -0.2) is 8.78 Å². The van der Waals surface area contributed by atoms with Crippen molar-refractivity contribution in [2.75, 3.05) is 5.32 Å². The lowest BCUT2D eigenvalue weighted by Crippen LogP contribution is -2.39. The van der Waals surface area contributed by atoms with Gasteiger partial charge in [0.25, 0.3) is 0 Å². The third-order valence-electron chi connectivity index (χ3n) is 3.22. The van der Waals surface area contributed by atoms with Gasteiger partial charge in [0.15, 0.2) is 17.5 Å². The molecule has 0 aliphatic rings. The number of carbonyl (C=O) groups excluding carboxylic acids is 1. The highest BCUT2D eigenvalue weighted by molar-refractivity contribution is 5.93. The van der Waals surface area contributed by atoms with E-state index in [1.54, 1.807) is 26.8 Å². The quantitative estimate of drug-likeness (QED) is 0.891. The molecule has 7 heteroatoms. The van der Waals surface area contributed by atoms with Gasteiger partial charge in [-0.1, -0.05) is 11.2 Å². The summed E-state index contributed by atoms with van der Waals surface area (Å²) in [5.41, 5.74) is 0.552. The molecule has 0 bridgehead atoms. The molecule has 2 aromatic rings. The lowest BCUT2D eigenvalue weighted by Gasteiger charge is -2.19. The Balaban J connectivity index is 1.96. The minimum Gasteiger partial charge on any atom is -0.360 e. The average molecular weight is 309 g/mol. The third kappa shape index (κ3) is 3.88. The lowest BCUT2D eigenvalue weighted by molar-refractivity contribution is -0.118. The molecule has 1 heterocycles. The highest BCUT2D eigenvalue weighted by atomic mass is 19.2. The van der Waals surface area contributed by atoms with E-state index in [2.05, 4.69) is 15.8 Å². The zero-order chi connectivity index (χ0) is 16.3. The van der Waals surface area contributed by atoms with Crippen molar-refractivity contribution < 1.29 is 18.1 Å². The number of hydrogen-bond acceptors (Lipinski definition) is 4. The Morgan fingerprint density at radius 1 is 1.23 bits per heavy atom. The summed E-state index contributed by atoms with van der Waals surface area (Å²) in [4.78, 5) is 12.0. The van der Waals surface area contributed by atoms with Crippen LogP contribution in [0.1, 0.15) is 31.2 Å². The number of aryl methyl sites for hydroxylation is 1. The van der Waals surface area contributed by atoms with Gasteiger partial charge in [0.1, 0.15) is 5.76 Å². The maximum absolute atomic E-state index is 13.2. The second-order valence-corrected chi connectivity index (χ2v) is 5.10. The third-order valence-corrected chi connectivity index (χ3v) is 3.22. The van der Waals surface area contributed by atoms with Crippen molar-refractivity contribution in [1.82, 2.24) is 10.5 Å². The second-order valence-electron chi connectivity index (χ2n) is 5.10. The summed E-state index contributed by atoms with van der Waals surface area (Å²) in [6.07, 6.45) is 0. The minimum absolute atomic E-state index is 0.303. The summed E-state index contributed by atoms with van der Waals surface area (Å²) in [5.74, 6) is -1.20. The summed E-state index contributed by atoms with van der Waals surface area (Å²) in [7, 11) is 0. The van der Waals surface area contributed by atoms with Crippen LogP contribution in [0.3, 0.4) is 0 Å². The van der Waals surface area contributed by atoms with Crippen LogP contribution < -0.4 is 10.6 Å². The number of anilines is 1. The van der Waals surface area contributed by atoms with Crippen LogP contribution in [0.5, 0.6) is 0 Å². The zero-order valence-corrected chi connectivity index (χ0v) is 12.5. The number of carbonyl (C=O) groups is 1. The SMILES string of the molecule is Cc1cc(NC(=O)[C@@H](C)N[C@H](C)c2ccc(F)c(F)c2)no1. The molecule has 1 amide bonds. The van der Waals surface area contributed by atoms with E-state index in [1.807, 2.05) is 0 Å². The van der Waals surface area contributed by atoms with E-state index in [9.17, 15) is 13.6 Å². The summed E-state index contributed by atoms with van der Waals surface area (Å²) >= 11 is 0. The molecule has 1 aromatic heterocycles. The topological polar surface area (TPSA) is 67.2 Å². The van der Waals surface area contributed by atoms with Crippen molar-refractivity contribution in [2.45, 2.75) is 32.9 Å². The molecule has 0 spiro atoms. The smallest absolute Gasteiger partial charge is 0.242 e. The van der Waals surface area contributed by atoms with Gasteiger partial charge in [0.05, 0.1) is 6.04 Å². The molecule has 0 aliphatic carbocycles. The van der Waals surface area contributed by atoms with E-state index >= 15 is 0 Å². The molecule has 2 N–H and O–H groups in total. The number of nitrogens with zero attached hydrogens (tertiary/aromatic N) is 1. The van der Waals surface area contributed by atoms with Gasteiger partial charge >= 0.3 is 0 Å². The lowest BCUT2D eigenvalue weighted by atomic mass is 10.1. The fraction of sp³-hybridized carbons (Fsp3) is 0.333. The first-order chi connectivity index (χ1) is 10.4. The van der Waals surface area contributed by atoms with Gasteiger partial charge in [-0.15, -0.1) is 0 Å². The predicted molar refractivity (Wildman–Crippen MR) is 77.2 cm³/mol. The van der Waals surface area contributed by atoms with Gasteiger partial charge in [-0.2, -0.15) is 0 Å². The van der Waals surface area contributed by atoms with Gasteiger partial charge in [-0.3, -0.25) is 10.1 Å². The number of benzene rings is 1. The number of halogens is 2. The van der Waals surface area contributed by atoms with Crippen molar-refractivity contribution in [1.29, 1.82) is 0 Å². The monoisotopic (exact) mass is 309 g/mol. The Morgan fingerprint density at radius 3 is 2.55 bits per heavy atom. The fourth-order valence-corrected chi connectivity index (χ4v) is 1.99. The number of nitrogens with one attached hydrogen (secondary N) is 2. The average Bonchev–Trinajstić information content (AvgIpc) is 2.86. The van der Waals surface area contributed by atoms with Crippen LogP contribution in [0.2, 0.25) is 0 Å². The number of aromatic nitrogens is 1. The summed E-state index contributed by atoms with van der Waals surface area (Å²) in [6, 6.07) is 4.37. The molecule has 0 saturated heterocycles. The van der Waals surface area contributed by atoms with Crippen molar-refractivity contribution in [3.8, 4) is 0 Å². The van der Waals surface area contributed by atoms with E-state index in [-0.39, 0.29) is 11.9 Å². The predicted octanol–water partition coefficient (Wildman–Crippen LogP) is 2.94. The van der Waals surface area contributed by atoms with Gasteiger partial charge < -0.3 is 9.84 Å². The Labute approximate surface area is 126 Å². The normalized spacial score (nSPS) is 13.7. The van der Waals surface area contributed by atoms with Crippen LogP contribution >= 0.6 is 0 Å². The molecule has 0 unspecified atom stereocenters. The van der Waals surface area contributed by atoms with E-state index in [1.165, 1.54) is 6.07 Å². The second kappa shape index (κ2) is 6.65. The van der Waals surface area contributed by atoms with E-state index in [4.69, 9.17) is 4.52 Å². The molecule has 0 aliphatic heterocycles. The van der Waals surface area contributed by atoms with Gasteiger partial charge in [0, 0.05) is 12.1 Å². The van der Waals surface area contributed by atoms with Crippen LogP contribution in [0.15, 0.2) is 28.8 Å². The first kappa shape index (κ1) is 16.1. The van der Waals surface area contributed by atoms with Gasteiger partial charge in [0.2, 0.25) is 5.91 Å². The maximum atomic E-state index is 13.2. The molecule has 2 atom stereocenters. The molecule has 0 saturated carbocycles. The highest BCUT2D eigenvalue weighted by Gasteiger charge is 2.18. The molecule has 5 nitrogen and oxygen atoms in total. The van der Waals surface area contributed by atoms with E-state index in [0.717, 1.165) is 12.1 Å². The number of rotatable bonds is 5. The molecule has 1 aromatic carbocycles. The van der Waals surface area contributed by atoms with Crippen molar-refractivity contribution in [3.63, 3.8) is 0 Å². The Morgan fingerprint density at radius 2 is 1.95 bits per heavy atom. The molecular weight excluding hydrogens is 292 g/mol. The minimum atomic E-state index is -0.915. The molecule has 0 fully saturated rings. The van der Waals surface area contributed by atoms with E-state index in [0.29, 0.717) is 17.1 Å². The Hall–Kier alpha value is -2.28. The number of amides is 1. The molecule has 22 heavy (non-hydrogen) atoms. The van der Waals surface area contributed by atoms with Gasteiger partial charge in [-0.05, 0) is 38.5 Å². The molecule has 2 rings (SSSR count). The van der Waals surface area contributed by atoms with Crippen molar-refractivity contribution in [3.05, 3.63) is 47.2 Å². The standard InChI is InChI=1S/C15H17F2N3O2/c1-8-6-14(20-22-8)19-15(21)10(3)18-9(2)11-4-5-12(16)13(17)7-11/h4-7,9-10,18H,1-3H3,(H,19,20,21)/t9-,10-/m1/s1. The van der Waals surface area contributed by atoms with Crippen LogP contribution in [-0.4, -0.2) is 17.1 Å². The fourth-order valence-electron chi connectivity index (χ4n) is 1.99. The summed E-state index contributed by atoms with van der Waals surface area (Å²) in [6.45, 7) is 5.14. The highest BCUT2D eigenvalue weighted by Crippen LogP contribution is 2.17. The van der Waals surface area contributed by atoms with Crippen LogP contribution in [0, 0.1) is 18.6 Å². The zero-order valence-electron chi connectivity index (χ0n) is 12.5. The van der Waals surface area contributed by atoms with Crippen LogP contribution in [-0.2, 0) is 4.79 Å². The van der Waals surface area contributed by atoms with Crippen LogP contribution in [0.4, 0.5) is 14.6 Å². The Bertz CT molecular complexity index is 673. The summed E-state index contributed by atoms with van der Waals surface area (Å²) < 4.78 is 31.0. The molecular formula is C15H17F2N3O2. The first-order valence-electron chi connectivity index (χ1n) is 6.82. The largest absolute Gasteiger partial charge is 0.360 e. The van der Waals surface area contributed by atoms with Crippen molar-refractivity contribution in [2.24, 2.45) is 0 Å². The molecule has 0 radical (unpaired) electrons. The molecule has 118 valence electrons. The maximum Gasteiger partial charge on any atom is 0.242 e. The van der Waals surface area contributed by atoms with Crippen LogP contribution in [0.25, 0.3) is 0 Å². The van der Waals surface area contributed by atoms with E-state index < -0.39 is 17.7 Å². The van der Waals surface area contributed by atoms with Crippen molar-refractivity contribution >= 4 is 11.7 Å². The first-order valence-corrected chi connectivity index (χ1v) is 6.82. The number of hydrogen-bond donors (Lipinski definition) is 2.